The van der Waals surface area contributed by atoms with E-state index in [1.807, 2.05) is 12.1 Å². The second-order valence-corrected chi connectivity index (χ2v) is 6.56. The van der Waals surface area contributed by atoms with Crippen molar-refractivity contribution in [2.24, 2.45) is 0 Å². The van der Waals surface area contributed by atoms with Crippen molar-refractivity contribution in [3.8, 4) is 0 Å². The average Bonchev–Trinajstić information content (AvgIpc) is 2.50. The van der Waals surface area contributed by atoms with Gasteiger partial charge in [-0.05, 0) is 43.3 Å². The van der Waals surface area contributed by atoms with Crippen LogP contribution in [0.2, 0.25) is 5.02 Å². The third kappa shape index (κ3) is 3.99. The molecule has 0 aliphatic heterocycles. The minimum atomic E-state index is -0.977. The zero-order valence-electron chi connectivity index (χ0n) is 12.0. The molecule has 0 spiro atoms. The average molecular weight is 342 g/mol. The minimum absolute atomic E-state index is 0.203. The number of carbonyl (C=O) groups is 1. The molecule has 6 heteroatoms. The molecule has 116 valence electrons. The molecule has 2 aromatic carbocycles. The summed E-state index contributed by atoms with van der Waals surface area (Å²) in [6.07, 6.45) is 0. The Morgan fingerprint density at radius 3 is 2.36 bits per heavy atom. The van der Waals surface area contributed by atoms with Crippen LogP contribution in [0.4, 0.5) is 14.5 Å². The fraction of sp³-hybridized carbons (Fsp3) is 0.188. The van der Waals surface area contributed by atoms with Crippen LogP contribution < -0.4 is 4.90 Å². The lowest BCUT2D eigenvalue weighted by Crippen LogP contribution is -2.33. The molecule has 2 aromatic rings. The number of thioether (sulfide) groups is 1. The fourth-order valence-corrected chi connectivity index (χ4v) is 2.95. The van der Waals surface area contributed by atoms with E-state index >= 15 is 0 Å². The summed E-state index contributed by atoms with van der Waals surface area (Å²) in [4.78, 5) is 14.6. The molecule has 0 radical (unpaired) electrons. The van der Waals surface area contributed by atoms with Crippen LogP contribution >= 0.6 is 23.4 Å². The standard InChI is InChI=1S/C16H14ClF2NOS/c1-10(22-13-6-3-11(17)4-7-13)16(21)20(2)12-5-8-14(18)15(19)9-12/h3-10H,1-2H3. The number of hydrogen-bond donors (Lipinski definition) is 0. The van der Waals surface area contributed by atoms with Crippen molar-refractivity contribution in [2.75, 3.05) is 11.9 Å². The van der Waals surface area contributed by atoms with E-state index in [0.29, 0.717) is 10.7 Å². The fourth-order valence-electron chi connectivity index (χ4n) is 1.86. The summed E-state index contributed by atoms with van der Waals surface area (Å²) in [5.74, 6) is -2.12. The van der Waals surface area contributed by atoms with E-state index in [2.05, 4.69) is 0 Å². The smallest absolute Gasteiger partial charge is 0.239 e. The Labute approximate surface area is 137 Å². The van der Waals surface area contributed by atoms with Crippen molar-refractivity contribution in [1.29, 1.82) is 0 Å². The highest BCUT2D eigenvalue weighted by Gasteiger charge is 2.20. The maximum absolute atomic E-state index is 13.3. The molecule has 0 bridgehead atoms. The van der Waals surface area contributed by atoms with Gasteiger partial charge in [-0.15, -0.1) is 11.8 Å². The van der Waals surface area contributed by atoms with Crippen LogP contribution in [0.15, 0.2) is 47.4 Å². The molecule has 2 rings (SSSR count). The van der Waals surface area contributed by atoms with Gasteiger partial charge in [0.05, 0.1) is 5.25 Å². The molecule has 0 fully saturated rings. The second-order valence-electron chi connectivity index (χ2n) is 4.71. The van der Waals surface area contributed by atoms with Crippen LogP contribution in [0, 0.1) is 11.6 Å². The van der Waals surface area contributed by atoms with Gasteiger partial charge < -0.3 is 4.90 Å². The van der Waals surface area contributed by atoms with E-state index < -0.39 is 11.6 Å². The zero-order valence-corrected chi connectivity index (χ0v) is 13.6. The van der Waals surface area contributed by atoms with Gasteiger partial charge in [-0.3, -0.25) is 4.79 Å². The molecule has 0 aliphatic carbocycles. The number of benzene rings is 2. The number of nitrogens with zero attached hydrogens (tertiary/aromatic N) is 1. The van der Waals surface area contributed by atoms with E-state index in [4.69, 9.17) is 11.6 Å². The number of halogens is 3. The highest BCUT2D eigenvalue weighted by molar-refractivity contribution is 8.00. The number of anilines is 1. The van der Waals surface area contributed by atoms with Gasteiger partial charge in [0, 0.05) is 28.7 Å². The first-order valence-electron chi connectivity index (χ1n) is 6.53. The third-order valence-corrected chi connectivity index (χ3v) is 4.45. The Balaban J connectivity index is 2.08. The number of rotatable bonds is 4. The summed E-state index contributed by atoms with van der Waals surface area (Å²) in [6.45, 7) is 1.76. The van der Waals surface area contributed by atoms with Crippen molar-refractivity contribution in [3.63, 3.8) is 0 Å². The molecule has 1 unspecified atom stereocenters. The molecule has 0 N–H and O–H groups in total. The van der Waals surface area contributed by atoms with Gasteiger partial charge in [0.15, 0.2) is 11.6 Å². The van der Waals surface area contributed by atoms with Gasteiger partial charge in [-0.1, -0.05) is 11.6 Å². The molecular weight excluding hydrogens is 328 g/mol. The van der Waals surface area contributed by atoms with Crippen LogP contribution in [0.5, 0.6) is 0 Å². The maximum Gasteiger partial charge on any atom is 0.239 e. The molecule has 0 aromatic heterocycles. The van der Waals surface area contributed by atoms with Gasteiger partial charge in [0.25, 0.3) is 0 Å². The summed E-state index contributed by atoms with van der Waals surface area (Å²) in [6, 6.07) is 10.5. The first-order chi connectivity index (χ1) is 10.4. The SMILES string of the molecule is CC(Sc1ccc(Cl)cc1)C(=O)N(C)c1ccc(F)c(F)c1. The topological polar surface area (TPSA) is 20.3 Å². The van der Waals surface area contributed by atoms with Gasteiger partial charge >= 0.3 is 0 Å². The van der Waals surface area contributed by atoms with E-state index in [0.717, 1.165) is 17.0 Å². The Hall–Kier alpha value is -1.59. The van der Waals surface area contributed by atoms with E-state index in [9.17, 15) is 13.6 Å². The Bertz CT molecular complexity index is 678. The summed E-state index contributed by atoms with van der Waals surface area (Å²) in [7, 11) is 1.54. The van der Waals surface area contributed by atoms with Crippen molar-refractivity contribution in [2.45, 2.75) is 17.1 Å². The van der Waals surface area contributed by atoms with Gasteiger partial charge in [-0.2, -0.15) is 0 Å². The highest BCUT2D eigenvalue weighted by atomic mass is 35.5. The van der Waals surface area contributed by atoms with Crippen LogP contribution in [0.25, 0.3) is 0 Å². The van der Waals surface area contributed by atoms with Crippen molar-refractivity contribution >= 4 is 35.0 Å². The third-order valence-electron chi connectivity index (χ3n) is 3.10. The monoisotopic (exact) mass is 341 g/mol. The summed E-state index contributed by atoms with van der Waals surface area (Å²) in [5.41, 5.74) is 0.312. The van der Waals surface area contributed by atoms with Gasteiger partial charge in [0.1, 0.15) is 0 Å². The van der Waals surface area contributed by atoms with E-state index in [-0.39, 0.29) is 11.2 Å². The quantitative estimate of drug-likeness (QED) is 0.747. The lowest BCUT2D eigenvalue weighted by molar-refractivity contribution is -0.117. The second kappa shape index (κ2) is 7.11. The molecule has 0 saturated heterocycles. The van der Waals surface area contributed by atoms with Crippen LogP contribution in [0.1, 0.15) is 6.92 Å². The molecular formula is C16H14ClF2NOS. The number of amides is 1. The van der Waals surface area contributed by atoms with Crippen molar-refractivity contribution in [3.05, 3.63) is 59.1 Å². The predicted molar refractivity (Wildman–Crippen MR) is 86.5 cm³/mol. The van der Waals surface area contributed by atoms with E-state index in [1.54, 1.807) is 19.1 Å². The first-order valence-corrected chi connectivity index (χ1v) is 7.79. The first kappa shape index (κ1) is 16.8. The molecule has 1 atom stereocenters. The number of hydrogen-bond acceptors (Lipinski definition) is 2. The van der Waals surface area contributed by atoms with Crippen molar-refractivity contribution < 1.29 is 13.6 Å². The van der Waals surface area contributed by atoms with Gasteiger partial charge in [0.2, 0.25) is 5.91 Å². The highest BCUT2D eigenvalue weighted by Crippen LogP contribution is 2.27. The van der Waals surface area contributed by atoms with E-state index in [1.165, 1.54) is 29.8 Å². The lowest BCUT2D eigenvalue weighted by atomic mass is 10.2. The Morgan fingerprint density at radius 2 is 1.77 bits per heavy atom. The summed E-state index contributed by atoms with van der Waals surface area (Å²) >= 11 is 7.19. The largest absolute Gasteiger partial charge is 0.314 e. The molecule has 0 heterocycles. The normalized spacial score (nSPS) is 12.0. The molecule has 2 nitrogen and oxygen atoms in total. The van der Waals surface area contributed by atoms with Crippen LogP contribution in [-0.2, 0) is 4.79 Å². The lowest BCUT2D eigenvalue weighted by Gasteiger charge is -2.21. The van der Waals surface area contributed by atoms with Crippen LogP contribution in [-0.4, -0.2) is 18.2 Å². The Morgan fingerprint density at radius 1 is 1.14 bits per heavy atom. The maximum atomic E-state index is 13.3. The molecule has 0 aliphatic rings. The molecule has 1 amide bonds. The molecule has 0 saturated carbocycles. The van der Waals surface area contributed by atoms with Crippen LogP contribution in [0.3, 0.4) is 0 Å². The Kier molecular flexibility index (Phi) is 5.42. The van der Waals surface area contributed by atoms with Gasteiger partial charge in [-0.25, -0.2) is 8.78 Å². The van der Waals surface area contributed by atoms with Crippen molar-refractivity contribution in [1.82, 2.24) is 0 Å². The zero-order chi connectivity index (χ0) is 16.3. The predicted octanol–water partition coefficient (Wildman–Crippen LogP) is 4.76. The summed E-state index contributed by atoms with van der Waals surface area (Å²) in [5, 5.41) is 0.251. The minimum Gasteiger partial charge on any atom is -0.314 e. The number of carbonyl (C=O) groups excluding carboxylic acids is 1. The molecule has 22 heavy (non-hydrogen) atoms. The summed E-state index contributed by atoms with van der Waals surface area (Å²) < 4.78 is 26.2.